The van der Waals surface area contributed by atoms with Crippen LogP contribution < -0.4 is 5.32 Å². The predicted molar refractivity (Wildman–Crippen MR) is 86.0 cm³/mol. The molecule has 2 aromatic heterocycles. The van der Waals surface area contributed by atoms with Gasteiger partial charge in [0.25, 0.3) is 5.91 Å². The van der Waals surface area contributed by atoms with E-state index in [0.717, 1.165) is 22.2 Å². The lowest BCUT2D eigenvalue weighted by molar-refractivity contribution is 0.0951. The zero-order valence-corrected chi connectivity index (χ0v) is 13.3. The largest absolute Gasteiger partial charge is 0.348 e. The Morgan fingerprint density at radius 2 is 2.29 bits per heavy atom. The second-order valence-corrected chi connectivity index (χ2v) is 6.45. The maximum atomic E-state index is 12.1. The highest BCUT2D eigenvalue weighted by atomic mass is 35.5. The molecule has 3 rings (SSSR count). The van der Waals surface area contributed by atoms with Crippen molar-refractivity contribution < 1.29 is 4.79 Å². The summed E-state index contributed by atoms with van der Waals surface area (Å²) in [5.41, 5.74) is 4.81. The summed E-state index contributed by atoms with van der Waals surface area (Å²) < 4.78 is 2.59. The van der Waals surface area contributed by atoms with Crippen molar-refractivity contribution in [3.8, 4) is 0 Å². The van der Waals surface area contributed by atoms with Crippen molar-refractivity contribution in [1.82, 2.24) is 14.9 Å². The van der Waals surface area contributed by atoms with E-state index >= 15 is 0 Å². The summed E-state index contributed by atoms with van der Waals surface area (Å²) in [6.07, 6.45) is 1.79. The zero-order chi connectivity index (χ0) is 15.0. The van der Waals surface area contributed by atoms with Gasteiger partial charge >= 0.3 is 0 Å². The molecule has 0 unspecified atom stereocenters. The Kier molecular flexibility index (Phi) is 3.69. The number of thiophene rings is 1. The minimum atomic E-state index is -0.114. The predicted octanol–water partition coefficient (Wildman–Crippen LogP) is 3.53. The van der Waals surface area contributed by atoms with Gasteiger partial charge in [0, 0.05) is 24.5 Å². The number of nitrogens with one attached hydrogen (secondary N) is 1. The number of halogens is 1. The molecule has 0 aliphatic rings. The summed E-state index contributed by atoms with van der Waals surface area (Å²) in [5, 5.41) is 4.71. The van der Waals surface area contributed by atoms with E-state index in [1.54, 1.807) is 17.8 Å². The van der Waals surface area contributed by atoms with E-state index in [-0.39, 0.29) is 5.91 Å². The van der Waals surface area contributed by atoms with Crippen molar-refractivity contribution in [3.63, 3.8) is 0 Å². The Balaban J connectivity index is 1.86. The molecule has 2 heterocycles. The molecule has 108 valence electrons. The minimum Gasteiger partial charge on any atom is -0.348 e. The van der Waals surface area contributed by atoms with Gasteiger partial charge in [-0.1, -0.05) is 17.7 Å². The smallest absolute Gasteiger partial charge is 0.252 e. The summed E-state index contributed by atoms with van der Waals surface area (Å²) in [7, 11) is 1.96. The molecule has 0 fully saturated rings. The number of hydrogen-bond donors (Lipinski definition) is 1. The molecule has 0 radical (unpaired) electrons. The third-order valence-corrected chi connectivity index (χ3v) is 4.56. The number of rotatable bonds is 3. The Morgan fingerprint density at radius 3 is 3.00 bits per heavy atom. The van der Waals surface area contributed by atoms with E-state index in [0.29, 0.717) is 16.4 Å². The zero-order valence-electron chi connectivity index (χ0n) is 11.7. The monoisotopic (exact) mass is 319 g/mol. The van der Waals surface area contributed by atoms with Crippen LogP contribution in [0.15, 0.2) is 29.9 Å². The number of amides is 1. The lowest BCUT2D eigenvalue weighted by Crippen LogP contribution is -2.23. The molecular formula is C15H14ClN3OS. The van der Waals surface area contributed by atoms with Gasteiger partial charge in [0.1, 0.15) is 0 Å². The number of aryl methyl sites for hydroxylation is 2. The molecule has 0 aliphatic heterocycles. The van der Waals surface area contributed by atoms with Gasteiger partial charge in [0.15, 0.2) is 0 Å². The van der Waals surface area contributed by atoms with E-state index < -0.39 is 0 Å². The highest BCUT2D eigenvalue weighted by Gasteiger charge is 2.12. The molecule has 21 heavy (non-hydrogen) atoms. The van der Waals surface area contributed by atoms with Gasteiger partial charge in [-0.05, 0) is 24.6 Å². The third-order valence-electron chi connectivity index (χ3n) is 3.47. The third kappa shape index (κ3) is 2.66. The maximum absolute atomic E-state index is 12.1. The molecule has 0 atom stereocenters. The highest BCUT2D eigenvalue weighted by Crippen LogP contribution is 2.22. The van der Waals surface area contributed by atoms with Crippen molar-refractivity contribution in [2.24, 2.45) is 7.05 Å². The van der Waals surface area contributed by atoms with E-state index in [4.69, 9.17) is 11.6 Å². The molecule has 0 spiro atoms. The molecule has 1 N–H and O–H groups in total. The lowest BCUT2D eigenvalue weighted by Gasteiger charge is -2.10. The maximum Gasteiger partial charge on any atom is 0.252 e. The van der Waals surface area contributed by atoms with Crippen LogP contribution in [0.25, 0.3) is 11.0 Å². The first-order chi connectivity index (χ1) is 10.1. The van der Waals surface area contributed by atoms with Crippen molar-refractivity contribution in [1.29, 1.82) is 0 Å². The number of imidazole rings is 1. The van der Waals surface area contributed by atoms with E-state index in [9.17, 15) is 4.79 Å². The standard InChI is InChI=1S/C15H14ClN3OS/c1-9-3-4-12-14(19(2)8-18-12)11(9)6-17-15(20)10-5-13(16)21-7-10/h3-5,7-8H,6H2,1-2H3,(H,17,20). The normalized spacial score (nSPS) is 11.0. The van der Waals surface area contributed by atoms with Crippen LogP contribution in [0.5, 0.6) is 0 Å². The van der Waals surface area contributed by atoms with Crippen LogP contribution >= 0.6 is 22.9 Å². The first kappa shape index (κ1) is 14.1. The average molecular weight is 320 g/mol. The number of nitrogens with zero attached hydrogens (tertiary/aromatic N) is 2. The molecule has 4 nitrogen and oxygen atoms in total. The molecule has 0 bridgehead atoms. The van der Waals surface area contributed by atoms with E-state index in [1.807, 2.05) is 30.7 Å². The molecule has 0 saturated heterocycles. The van der Waals surface area contributed by atoms with Gasteiger partial charge in [-0.3, -0.25) is 4.79 Å². The van der Waals surface area contributed by atoms with Gasteiger partial charge in [-0.25, -0.2) is 4.98 Å². The number of benzene rings is 1. The topological polar surface area (TPSA) is 46.9 Å². The SMILES string of the molecule is Cc1ccc2ncn(C)c2c1CNC(=O)c1csc(Cl)c1. The second-order valence-electron chi connectivity index (χ2n) is 4.91. The molecule has 6 heteroatoms. The van der Waals surface area contributed by atoms with Gasteiger partial charge in [-0.15, -0.1) is 11.3 Å². The number of carbonyl (C=O) groups excluding carboxylic acids is 1. The average Bonchev–Trinajstić information content (AvgIpc) is 3.05. The molecule has 0 aliphatic carbocycles. The van der Waals surface area contributed by atoms with Gasteiger partial charge < -0.3 is 9.88 Å². The van der Waals surface area contributed by atoms with Gasteiger partial charge in [0.2, 0.25) is 0 Å². The summed E-state index contributed by atoms with van der Waals surface area (Å²) in [4.78, 5) is 16.5. The van der Waals surface area contributed by atoms with Crippen LogP contribution in [0.1, 0.15) is 21.5 Å². The summed E-state index contributed by atoms with van der Waals surface area (Å²) in [6.45, 7) is 2.50. The molecule has 1 amide bonds. The summed E-state index contributed by atoms with van der Waals surface area (Å²) >= 11 is 7.21. The van der Waals surface area contributed by atoms with Crippen molar-refractivity contribution >= 4 is 39.9 Å². The number of aromatic nitrogens is 2. The van der Waals surface area contributed by atoms with E-state index in [2.05, 4.69) is 10.3 Å². The van der Waals surface area contributed by atoms with Crippen molar-refractivity contribution in [3.05, 3.63) is 50.9 Å². The van der Waals surface area contributed by atoms with Crippen molar-refractivity contribution in [2.45, 2.75) is 13.5 Å². The van der Waals surface area contributed by atoms with Crippen LogP contribution in [0.2, 0.25) is 4.34 Å². The first-order valence-electron chi connectivity index (χ1n) is 6.48. The molecular weight excluding hydrogens is 306 g/mol. The fourth-order valence-electron chi connectivity index (χ4n) is 2.35. The molecule has 3 aromatic rings. The van der Waals surface area contributed by atoms with Crippen molar-refractivity contribution in [2.75, 3.05) is 0 Å². The Labute approximate surface area is 131 Å². The Bertz CT molecular complexity index is 822. The van der Waals surface area contributed by atoms with Crippen LogP contribution in [-0.2, 0) is 13.6 Å². The molecule has 1 aromatic carbocycles. The van der Waals surface area contributed by atoms with Gasteiger partial charge in [-0.2, -0.15) is 0 Å². The van der Waals surface area contributed by atoms with Gasteiger partial charge in [0.05, 0.1) is 27.3 Å². The summed E-state index contributed by atoms with van der Waals surface area (Å²) in [6, 6.07) is 5.70. The first-order valence-corrected chi connectivity index (χ1v) is 7.74. The Hall–Kier alpha value is -1.85. The molecule has 0 saturated carbocycles. The van der Waals surface area contributed by atoms with Crippen LogP contribution in [0.3, 0.4) is 0 Å². The van der Waals surface area contributed by atoms with E-state index in [1.165, 1.54) is 11.3 Å². The van der Waals surface area contributed by atoms with Crippen LogP contribution in [0.4, 0.5) is 0 Å². The lowest BCUT2D eigenvalue weighted by atomic mass is 10.1. The van der Waals surface area contributed by atoms with Crippen LogP contribution in [-0.4, -0.2) is 15.5 Å². The quantitative estimate of drug-likeness (QED) is 0.803. The number of hydrogen-bond acceptors (Lipinski definition) is 3. The highest BCUT2D eigenvalue weighted by molar-refractivity contribution is 7.14. The number of carbonyl (C=O) groups is 1. The fraction of sp³-hybridized carbons (Fsp3) is 0.200. The second kappa shape index (κ2) is 5.50. The Morgan fingerprint density at radius 1 is 1.48 bits per heavy atom. The summed E-state index contributed by atoms with van der Waals surface area (Å²) in [5.74, 6) is -0.114. The minimum absolute atomic E-state index is 0.114. The number of fused-ring (bicyclic) bond motifs is 1. The fourth-order valence-corrected chi connectivity index (χ4v) is 3.21. The van der Waals surface area contributed by atoms with Crippen LogP contribution in [0, 0.1) is 6.92 Å².